The predicted molar refractivity (Wildman–Crippen MR) is 126 cm³/mol. The molecule has 2 fully saturated rings. The molecule has 0 amide bonds. The molecule has 0 heterocycles. The summed E-state index contributed by atoms with van der Waals surface area (Å²) in [4.78, 5) is 25.3. The lowest BCUT2D eigenvalue weighted by molar-refractivity contribution is -0.184. The van der Waals surface area contributed by atoms with Crippen LogP contribution in [0.5, 0.6) is 0 Å². The Labute approximate surface area is 198 Å². The average molecular weight is 463 g/mol. The van der Waals surface area contributed by atoms with Crippen molar-refractivity contribution in [2.24, 2.45) is 28.6 Å². The molecule has 0 aliphatic heterocycles. The van der Waals surface area contributed by atoms with Gasteiger partial charge in [-0.2, -0.15) is 0 Å². The van der Waals surface area contributed by atoms with Crippen LogP contribution in [0.1, 0.15) is 80.6 Å². The Morgan fingerprint density at radius 2 is 1.82 bits per heavy atom. The number of hydrogen-bond acceptors (Lipinski definition) is 6. The van der Waals surface area contributed by atoms with E-state index in [0.29, 0.717) is 37.7 Å². The summed E-state index contributed by atoms with van der Waals surface area (Å²) in [6.45, 7) is 17.6. The van der Waals surface area contributed by atoms with Crippen LogP contribution in [-0.4, -0.2) is 46.6 Å². The summed E-state index contributed by atoms with van der Waals surface area (Å²) in [5.74, 6) is -1.64. The molecule has 3 aliphatic carbocycles. The zero-order valence-electron chi connectivity index (χ0n) is 21.3. The molecule has 6 nitrogen and oxygen atoms in total. The van der Waals surface area contributed by atoms with Crippen LogP contribution in [-0.2, 0) is 19.1 Å². The SMILES string of the molecule is C=C1[C@@H](O)CC[C@@]2(C)C[C@H](O)C3=C(C)C[C@@H](OC(=O)[C@@H](C)CC)[C@@H]([C@@H](OC(C)=O)[C@H]12)C3(C)C. The summed E-state index contributed by atoms with van der Waals surface area (Å²) in [7, 11) is 0. The summed E-state index contributed by atoms with van der Waals surface area (Å²) >= 11 is 0. The van der Waals surface area contributed by atoms with Crippen LogP contribution in [0.15, 0.2) is 23.3 Å². The van der Waals surface area contributed by atoms with Gasteiger partial charge in [-0.25, -0.2) is 0 Å². The van der Waals surface area contributed by atoms with Crippen LogP contribution in [0.2, 0.25) is 0 Å². The van der Waals surface area contributed by atoms with E-state index < -0.39 is 41.2 Å². The number of carbonyl (C=O) groups excluding carboxylic acids is 2. The minimum Gasteiger partial charge on any atom is -0.461 e. The molecule has 2 N–H and O–H groups in total. The molecule has 186 valence electrons. The zero-order valence-corrected chi connectivity index (χ0v) is 21.3. The lowest BCUT2D eigenvalue weighted by Crippen LogP contribution is -2.60. The van der Waals surface area contributed by atoms with Crippen molar-refractivity contribution in [3.63, 3.8) is 0 Å². The van der Waals surface area contributed by atoms with Crippen molar-refractivity contribution in [2.75, 3.05) is 0 Å². The van der Waals surface area contributed by atoms with Gasteiger partial charge < -0.3 is 19.7 Å². The quantitative estimate of drug-likeness (QED) is 0.477. The third-order valence-electron chi connectivity index (χ3n) is 8.72. The van der Waals surface area contributed by atoms with Crippen molar-refractivity contribution >= 4 is 11.9 Å². The van der Waals surface area contributed by atoms with Crippen molar-refractivity contribution in [1.82, 2.24) is 0 Å². The van der Waals surface area contributed by atoms with Gasteiger partial charge >= 0.3 is 11.9 Å². The third kappa shape index (κ3) is 4.53. The van der Waals surface area contributed by atoms with Gasteiger partial charge in [0, 0.05) is 25.2 Å². The maximum atomic E-state index is 12.9. The largest absolute Gasteiger partial charge is 0.461 e. The van der Waals surface area contributed by atoms with Gasteiger partial charge in [-0.3, -0.25) is 9.59 Å². The van der Waals surface area contributed by atoms with E-state index in [4.69, 9.17) is 9.47 Å². The van der Waals surface area contributed by atoms with Crippen LogP contribution in [0.4, 0.5) is 0 Å². The molecule has 3 aliphatic rings. The normalized spacial score (nSPS) is 39.1. The van der Waals surface area contributed by atoms with Crippen molar-refractivity contribution < 1.29 is 29.3 Å². The highest BCUT2D eigenvalue weighted by Crippen LogP contribution is 2.60. The maximum Gasteiger partial charge on any atom is 0.308 e. The monoisotopic (exact) mass is 462 g/mol. The van der Waals surface area contributed by atoms with Gasteiger partial charge in [0.1, 0.15) is 12.2 Å². The minimum atomic E-state index is -0.692. The summed E-state index contributed by atoms with van der Waals surface area (Å²) < 4.78 is 12.2. The van der Waals surface area contributed by atoms with Gasteiger partial charge in [0.15, 0.2) is 0 Å². The van der Waals surface area contributed by atoms with Crippen molar-refractivity contribution in [3.8, 4) is 0 Å². The number of carbonyl (C=O) groups is 2. The number of esters is 2. The molecule has 0 aromatic carbocycles. The number of aliphatic hydroxyl groups excluding tert-OH is 2. The molecule has 2 bridgehead atoms. The number of hydrogen-bond donors (Lipinski definition) is 2. The van der Waals surface area contributed by atoms with E-state index in [-0.39, 0.29) is 23.7 Å². The first-order chi connectivity index (χ1) is 15.2. The molecule has 6 heteroatoms. The summed E-state index contributed by atoms with van der Waals surface area (Å²) in [5, 5.41) is 22.2. The van der Waals surface area contributed by atoms with Gasteiger partial charge in [-0.1, -0.05) is 46.8 Å². The zero-order chi connectivity index (χ0) is 24.9. The lowest BCUT2D eigenvalue weighted by Gasteiger charge is -2.58. The Kier molecular flexibility index (Phi) is 7.22. The average Bonchev–Trinajstić information content (AvgIpc) is 2.68. The molecule has 0 unspecified atom stereocenters. The van der Waals surface area contributed by atoms with E-state index in [1.807, 2.05) is 34.6 Å². The molecule has 33 heavy (non-hydrogen) atoms. The van der Waals surface area contributed by atoms with Crippen molar-refractivity contribution in [3.05, 3.63) is 23.3 Å². The van der Waals surface area contributed by atoms with E-state index in [1.165, 1.54) is 6.92 Å². The number of fused-ring (bicyclic) bond motifs is 3. The van der Waals surface area contributed by atoms with Crippen LogP contribution in [0.25, 0.3) is 0 Å². The Morgan fingerprint density at radius 3 is 2.39 bits per heavy atom. The van der Waals surface area contributed by atoms with Gasteiger partial charge in [0.25, 0.3) is 0 Å². The van der Waals surface area contributed by atoms with Crippen LogP contribution in [0.3, 0.4) is 0 Å². The van der Waals surface area contributed by atoms with Gasteiger partial charge in [-0.15, -0.1) is 0 Å². The predicted octanol–water partition coefficient (Wildman–Crippen LogP) is 4.34. The van der Waals surface area contributed by atoms with Crippen LogP contribution < -0.4 is 0 Å². The first-order valence-electron chi connectivity index (χ1n) is 12.4. The van der Waals surface area contributed by atoms with E-state index in [1.54, 1.807) is 0 Å². The molecular formula is C27H42O6. The first-order valence-corrected chi connectivity index (χ1v) is 12.4. The molecule has 0 aromatic rings. The highest BCUT2D eigenvalue weighted by Gasteiger charge is 2.60. The number of ether oxygens (including phenoxy) is 2. The van der Waals surface area contributed by atoms with Crippen LogP contribution >= 0.6 is 0 Å². The Morgan fingerprint density at radius 1 is 1.18 bits per heavy atom. The summed E-state index contributed by atoms with van der Waals surface area (Å²) in [6.07, 6.45) is 0.416. The summed E-state index contributed by atoms with van der Waals surface area (Å²) in [6, 6.07) is 0. The fourth-order valence-electron chi connectivity index (χ4n) is 7.00. The Balaban J connectivity index is 2.21. The van der Waals surface area contributed by atoms with E-state index >= 15 is 0 Å². The van der Waals surface area contributed by atoms with E-state index in [9.17, 15) is 19.8 Å². The first kappa shape index (κ1) is 26.0. The molecule has 0 radical (unpaired) electrons. The standard InChI is InChI=1S/C27H42O6/c1-9-14(2)25(31)33-20-12-15(3)21-19(30)13-27(8)11-10-18(29)16(4)22(27)24(32-17(5)28)23(20)26(21,6)7/h14,18-20,22-24,29-30H,4,9-13H2,1-3,5-8H3/t14-,18-,19-,20+,22-,23-,24-,27-/m0/s1. The van der Waals surface area contributed by atoms with Gasteiger partial charge in [0.2, 0.25) is 0 Å². The van der Waals surface area contributed by atoms with Gasteiger partial charge in [-0.05, 0) is 54.6 Å². The molecule has 2 saturated carbocycles. The second-order valence-corrected chi connectivity index (χ2v) is 11.5. The second-order valence-electron chi connectivity index (χ2n) is 11.5. The fraction of sp³-hybridized carbons (Fsp3) is 0.778. The minimum absolute atomic E-state index is 0.234. The highest BCUT2D eigenvalue weighted by molar-refractivity contribution is 5.72. The summed E-state index contributed by atoms with van der Waals surface area (Å²) in [5.41, 5.74) is 1.62. The molecule has 0 saturated heterocycles. The topological polar surface area (TPSA) is 93.1 Å². The molecule has 0 spiro atoms. The maximum absolute atomic E-state index is 12.9. The Hall–Kier alpha value is -1.66. The molecule has 0 aromatic heterocycles. The Bertz CT molecular complexity index is 842. The highest BCUT2D eigenvalue weighted by atomic mass is 16.6. The second kappa shape index (κ2) is 9.18. The molecular weight excluding hydrogens is 420 g/mol. The van der Waals surface area contributed by atoms with E-state index in [2.05, 4.69) is 13.5 Å². The van der Waals surface area contributed by atoms with Crippen molar-refractivity contribution in [2.45, 2.75) is 105 Å². The van der Waals surface area contributed by atoms with Crippen molar-refractivity contribution in [1.29, 1.82) is 0 Å². The smallest absolute Gasteiger partial charge is 0.308 e. The van der Waals surface area contributed by atoms with E-state index in [0.717, 1.165) is 11.1 Å². The molecule has 8 atom stereocenters. The third-order valence-corrected chi connectivity index (χ3v) is 8.72. The lowest BCUT2D eigenvalue weighted by atomic mass is 9.50. The number of rotatable bonds is 4. The number of aliphatic hydroxyl groups is 2. The molecule has 3 rings (SSSR count). The van der Waals surface area contributed by atoms with Gasteiger partial charge in [0.05, 0.1) is 18.1 Å². The fourth-order valence-corrected chi connectivity index (χ4v) is 7.00. The van der Waals surface area contributed by atoms with Crippen LogP contribution in [0, 0.1) is 28.6 Å².